The van der Waals surface area contributed by atoms with Crippen LogP contribution in [0.3, 0.4) is 0 Å². The van der Waals surface area contributed by atoms with Crippen LogP contribution in [0.15, 0.2) is 43.2 Å². The zero-order valence-corrected chi connectivity index (χ0v) is 10.8. The number of hydrogen-bond donors (Lipinski definition) is 1. The van der Waals surface area contributed by atoms with Gasteiger partial charge in [-0.2, -0.15) is 0 Å². The minimum absolute atomic E-state index is 0.267. The maximum atomic E-state index is 4.46. The molecule has 2 rings (SSSR count). The quantitative estimate of drug-likeness (QED) is 0.789. The second-order valence-electron chi connectivity index (χ2n) is 4.30. The predicted octanol–water partition coefficient (Wildman–Crippen LogP) is 3.25. The Kier molecular flexibility index (Phi) is 4.42. The van der Waals surface area contributed by atoms with Gasteiger partial charge < -0.3 is 5.32 Å². The van der Waals surface area contributed by atoms with Gasteiger partial charge >= 0.3 is 0 Å². The van der Waals surface area contributed by atoms with Gasteiger partial charge in [-0.25, -0.2) is 0 Å². The lowest BCUT2D eigenvalue weighted by atomic mass is 10.0. The van der Waals surface area contributed by atoms with E-state index in [4.69, 9.17) is 0 Å². The van der Waals surface area contributed by atoms with Crippen LogP contribution in [0.1, 0.15) is 31.4 Å². The van der Waals surface area contributed by atoms with Gasteiger partial charge in [0.2, 0.25) is 0 Å². The standard InChI is InChI=1S/C15H19N3/c1-3-6-13(16-9-4-2)12-7-5-8-14-15(12)18-11-10-17-14/h3,5,7-8,10-11,13,16H,1,4,6,9H2,2H3. The summed E-state index contributed by atoms with van der Waals surface area (Å²) in [6, 6.07) is 6.42. The summed E-state index contributed by atoms with van der Waals surface area (Å²) in [7, 11) is 0. The van der Waals surface area contributed by atoms with E-state index in [-0.39, 0.29) is 6.04 Å². The van der Waals surface area contributed by atoms with Crippen molar-refractivity contribution >= 4 is 11.0 Å². The van der Waals surface area contributed by atoms with E-state index >= 15 is 0 Å². The molecule has 2 aromatic rings. The summed E-state index contributed by atoms with van der Waals surface area (Å²) < 4.78 is 0. The molecule has 18 heavy (non-hydrogen) atoms. The van der Waals surface area contributed by atoms with Crippen molar-refractivity contribution in [2.24, 2.45) is 0 Å². The van der Waals surface area contributed by atoms with E-state index in [9.17, 15) is 0 Å². The van der Waals surface area contributed by atoms with E-state index in [1.165, 1.54) is 5.56 Å². The Bertz CT molecular complexity index is 517. The van der Waals surface area contributed by atoms with Gasteiger partial charge in [-0.1, -0.05) is 25.1 Å². The number of rotatable bonds is 6. The molecule has 0 fully saturated rings. The third-order valence-electron chi connectivity index (χ3n) is 2.95. The van der Waals surface area contributed by atoms with E-state index in [1.807, 2.05) is 18.2 Å². The molecule has 0 aliphatic rings. The predicted molar refractivity (Wildman–Crippen MR) is 75.4 cm³/mol. The highest BCUT2D eigenvalue weighted by Crippen LogP contribution is 2.23. The van der Waals surface area contributed by atoms with Gasteiger partial charge in [0.25, 0.3) is 0 Å². The van der Waals surface area contributed by atoms with Crippen molar-refractivity contribution in [1.82, 2.24) is 15.3 Å². The molecule has 0 saturated heterocycles. The van der Waals surface area contributed by atoms with Gasteiger partial charge in [-0.15, -0.1) is 6.58 Å². The summed E-state index contributed by atoms with van der Waals surface area (Å²) in [5.41, 5.74) is 3.13. The van der Waals surface area contributed by atoms with Gasteiger partial charge in [-0.3, -0.25) is 9.97 Å². The van der Waals surface area contributed by atoms with E-state index in [0.717, 1.165) is 30.4 Å². The second-order valence-corrected chi connectivity index (χ2v) is 4.30. The topological polar surface area (TPSA) is 37.8 Å². The summed E-state index contributed by atoms with van der Waals surface area (Å²) in [4.78, 5) is 8.80. The molecule has 1 N–H and O–H groups in total. The van der Waals surface area contributed by atoms with Crippen molar-refractivity contribution in [1.29, 1.82) is 0 Å². The normalized spacial score (nSPS) is 12.5. The first-order chi connectivity index (χ1) is 8.86. The van der Waals surface area contributed by atoms with Crippen LogP contribution < -0.4 is 5.32 Å². The van der Waals surface area contributed by atoms with Crippen LogP contribution in [-0.4, -0.2) is 16.5 Å². The Morgan fingerprint density at radius 2 is 2.17 bits per heavy atom. The van der Waals surface area contributed by atoms with Crippen LogP contribution in [-0.2, 0) is 0 Å². The number of benzene rings is 1. The highest BCUT2D eigenvalue weighted by atomic mass is 14.9. The average molecular weight is 241 g/mol. The van der Waals surface area contributed by atoms with Crippen molar-refractivity contribution in [3.63, 3.8) is 0 Å². The fraction of sp³-hybridized carbons (Fsp3) is 0.333. The lowest BCUT2D eigenvalue weighted by Gasteiger charge is -2.18. The van der Waals surface area contributed by atoms with E-state index in [1.54, 1.807) is 12.4 Å². The molecule has 3 nitrogen and oxygen atoms in total. The third-order valence-corrected chi connectivity index (χ3v) is 2.95. The minimum Gasteiger partial charge on any atom is -0.310 e. The number of fused-ring (bicyclic) bond motifs is 1. The lowest BCUT2D eigenvalue weighted by molar-refractivity contribution is 0.539. The molecule has 0 saturated carbocycles. The molecule has 1 atom stereocenters. The SMILES string of the molecule is C=CCC(NCCC)c1cccc2nccnc12. The van der Waals surface area contributed by atoms with Gasteiger partial charge in [-0.05, 0) is 31.0 Å². The van der Waals surface area contributed by atoms with Crippen molar-refractivity contribution < 1.29 is 0 Å². The van der Waals surface area contributed by atoms with Crippen molar-refractivity contribution in [2.75, 3.05) is 6.54 Å². The molecule has 1 unspecified atom stereocenters. The molecule has 1 aromatic heterocycles. The van der Waals surface area contributed by atoms with Gasteiger partial charge in [0, 0.05) is 18.4 Å². The number of nitrogens with zero attached hydrogens (tertiary/aromatic N) is 2. The van der Waals surface area contributed by atoms with Crippen LogP contribution in [0.5, 0.6) is 0 Å². The smallest absolute Gasteiger partial charge is 0.0934 e. The molecule has 0 aliphatic carbocycles. The zero-order valence-electron chi connectivity index (χ0n) is 10.8. The Morgan fingerprint density at radius 3 is 2.94 bits per heavy atom. The van der Waals surface area contributed by atoms with Gasteiger partial charge in [0.05, 0.1) is 11.0 Å². The zero-order chi connectivity index (χ0) is 12.8. The molecule has 94 valence electrons. The fourth-order valence-electron chi connectivity index (χ4n) is 2.10. The van der Waals surface area contributed by atoms with Gasteiger partial charge in [0.15, 0.2) is 0 Å². The molecule has 0 radical (unpaired) electrons. The number of nitrogens with one attached hydrogen (secondary N) is 1. The fourth-order valence-corrected chi connectivity index (χ4v) is 2.10. The van der Waals surface area contributed by atoms with Crippen LogP contribution >= 0.6 is 0 Å². The first kappa shape index (κ1) is 12.7. The van der Waals surface area contributed by atoms with Crippen LogP contribution in [0.25, 0.3) is 11.0 Å². The van der Waals surface area contributed by atoms with E-state index < -0.39 is 0 Å². The highest BCUT2D eigenvalue weighted by Gasteiger charge is 2.13. The first-order valence-electron chi connectivity index (χ1n) is 6.40. The largest absolute Gasteiger partial charge is 0.310 e. The second kappa shape index (κ2) is 6.26. The monoisotopic (exact) mass is 241 g/mol. The van der Waals surface area contributed by atoms with E-state index in [0.29, 0.717) is 0 Å². The van der Waals surface area contributed by atoms with Crippen LogP contribution in [0, 0.1) is 0 Å². The van der Waals surface area contributed by atoms with Crippen LogP contribution in [0.2, 0.25) is 0 Å². The lowest BCUT2D eigenvalue weighted by Crippen LogP contribution is -2.22. The summed E-state index contributed by atoms with van der Waals surface area (Å²) in [5, 5.41) is 3.54. The minimum atomic E-state index is 0.267. The number of aromatic nitrogens is 2. The molecule has 1 aromatic carbocycles. The molecule has 0 aliphatic heterocycles. The van der Waals surface area contributed by atoms with Crippen molar-refractivity contribution in [2.45, 2.75) is 25.8 Å². The maximum Gasteiger partial charge on any atom is 0.0934 e. The van der Waals surface area contributed by atoms with Crippen LogP contribution in [0.4, 0.5) is 0 Å². The van der Waals surface area contributed by atoms with Gasteiger partial charge in [0.1, 0.15) is 0 Å². The molecular formula is C15H19N3. The molecule has 0 amide bonds. The van der Waals surface area contributed by atoms with Crippen molar-refractivity contribution in [3.8, 4) is 0 Å². The third kappa shape index (κ3) is 2.74. The Labute approximate surface area is 108 Å². The summed E-state index contributed by atoms with van der Waals surface area (Å²) in [6.07, 6.45) is 7.44. The number of para-hydroxylation sites is 1. The average Bonchev–Trinajstić information content (AvgIpc) is 2.43. The number of hydrogen-bond acceptors (Lipinski definition) is 3. The van der Waals surface area contributed by atoms with E-state index in [2.05, 4.69) is 34.9 Å². The molecule has 3 heteroatoms. The maximum absolute atomic E-state index is 4.46. The summed E-state index contributed by atoms with van der Waals surface area (Å²) in [6.45, 7) is 7.00. The Morgan fingerprint density at radius 1 is 1.33 bits per heavy atom. The Hall–Kier alpha value is -1.74. The molecule has 0 spiro atoms. The molecule has 1 heterocycles. The molecular weight excluding hydrogens is 222 g/mol. The summed E-state index contributed by atoms with van der Waals surface area (Å²) >= 11 is 0. The first-order valence-corrected chi connectivity index (χ1v) is 6.40. The molecule has 0 bridgehead atoms. The summed E-state index contributed by atoms with van der Waals surface area (Å²) in [5.74, 6) is 0. The Balaban J connectivity index is 2.39. The van der Waals surface area contributed by atoms with Crippen molar-refractivity contribution in [3.05, 3.63) is 48.8 Å². The highest BCUT2D eigenvalue weighted by molar-refractivity contribution is 5.78.